The molecule has 2 amide bonds. The minimum absolute atomic E-state index is 0.170. The van der Waals surface area contributed by atoms with Crippen LogP contribution < -0.4 is 0 Å². The van der Waals surface area contributed by atoms with Gasteiger partial charge < -0.3 is 5.11 Å². The molecule has 0 aromatic rings. The van der Waals surface area contributed by atoms with E-state index in [4.69, 9.17) is 0 Å². The number of amides is 2. The quantitative estimate of drug-likeness (QED) is 0.655. The van der Waals surface area contributed by atoms with E-state index in [1.807, 2.05) is 0 Å². The monoisotopic (exact) mass is 199 g/mol. The van der Waals surface area contributed by atoms with E-state index in [-0.39, 0.29) is 23.7 Å². The summed E-state index contributed by atoms with van der Waals surface area (Å²) in [6.07, 6.45) is -0.680. The average molecular weight is 199 g/mol. The maximum absolute atomic E-state index is 11.7. The van der Waals surface area contributed by atoms with Crippen LogP contribution in [0.3, 0.4) is 0 Å². The van der Waals surface area contributed by atoms with Crippen LogP contribution in [-0.4, -0.2) is 34.0 Å². The van der Waals surface area contributed by atoms with Crippen molar-refractivity contribution in [3.63, 3.8) is 0 Å². The van der Waals surface area contributed by atoms with Crippen molar-refractivity contribution in [2.24, 2.45) is 11.8 Å². The lowest BCUT2D eigenvalue weighted by molar-refractivity contribution is -0.144. The predicted molar refractivity (Wildman–Crippen MR) is 51.3 cm³/mol. The molecule has 1 aliphatic heterocycles. The Kier molecular flexibility index (Phi) is 2.95. The minimum atomic E-state index is -0.680. The van der Waals surface area contributed by atoms with Gasteiger partial charge in [-0.1, -0.05) is 13.8 Å². The smallest absolute Gasteiger partial charge is 0.233 e. The first-order chi connectivity index (χ1) is 6.37. The van der Waals surface area contributed by atoms with Gasteiger partial charge in [0.2, 0.25) is 11.8 Å². The predicted octanol–water partition coefficient (Wildman–Crippen LogP) is 0.397. The minimum Gasteiger partial charge on any atom is -0.391 e. The third-order valence-corrected chi connectivity index (χ3v) is 3.11. The van der Waals surface area contributed by atoms with Gasteiger partial charge in [0.05, 0.1) is 12.1 Å². The number of imide groups is 1. The highest BCUT2D eigenvalue weighted by atomic mass is 16.3. The third-order valence-electron chi connectivity index (χ3n) is 3.11. The van der Waals surface area contributed by atoms with Gasteiger partial charge in [-0.3, -0.25) is 14.5 Å². The van der Waals surface area contributed by atoms with Gasteiger partial charge in [-0.05, 0) is 13.8 Å². The lowest BCUT2D eigenvalue weighted by Gasteiger charge is -2.25. The van der Waals surface area contributed by atoms with Gasteiger partial charge in [-0.25, -0.2) is 0 Å². The van der Waals surface area contributed by atoms with E-state index >= 15 is 0 Å². The molecule has 14 heavy (non-hydrogen) atoms. The fourth-order valence-electron chi connectivity index (χ4n) is 1.59. The molecule has 80 valence electrons. The van der Waals surface area contributed by atoms with Crippen molar-refractivity contribution in [2.75, 3.05) is 0 Å². The summed E-state index contributed by atoms with van der Waals surface area (Å²) in [5.74, 6) is -0.862. The van der Waals surface area contributed by atoms with E-state index in [1.54, 1.807) is 27.7 Å². The molecule has 0 aromatic carbocycles. The number of carbonyl (C=O) groups excluding carboxylic acids is 2. The normalized spacial score (nSPS) is 32.2. The Labute approximate surface area is 83.9 Å². The highest BCUT2D eigenvalue weighted by Crippen LogP contribution is 2.27. The number of aliphatic hydroxyl groups is 1. The van der Waals surface area contributed by atoms with Crippen LogP contribution in [0.1, 0.15) is 27.7 Å². The lowest BCUT2D eigenvalue weighted by atomic mass is 10.00. The van der Waals surface area contributed by atoms with E-state index in [0.29, 0.717) is 0 Å². The van der Waals surface area contributed by atoms with Crippen LogP contribution in [-0.2, 0) is 9.59 Å². The van der Waals surface area contributed by atoms with Crippen molar-refractivity contribution in [2.45, 2.75) is 39.8 Å². The van der Waals surface area contributed by atoms with Crippen LogP contribution in [0.5, 0.6) is 0 Å². The number of hydrogen-bond donors (Lipinski definition) is 1. The molecule has 0 bridgehead atoms. The Balaban J connectivity index is 2.90. The van der Waals surface area contributed by atoms with Crippen molar-refractivity contribution in [1.29, 1.82) is 0 Å². The fourth-order valence-corrected chi connectivity index (χ4v) is 1.59. The molecule has 1 rings (SSSR count). The summed E-state index contributed by atoms with van der Waals surface area (Å²) < 4.78 is 0. The Morgan fingerprint density at radius 3 is 1.79 bits per heavy atom. The Bertz CT molecular complexity index is 242. The largest absolute Gasteiger partial charge is 0.391 e. The van der Waals surface area contributed by atoms with Crippen molar-refractivity contribution in [1.82, 2.24) is 4.90 Å². The molecule has 1 heterocycles. The summed E-state index contributed by atoms with van der Waals surface area (Å²) in [7, 11) is 0. The number of rotatable bonds is 2. The second-order valence-electron chi connectivity index (χ2n) is 4.11. The molecular weight excluding hydrogens is 182 g/mol. The van der Waals surface area contributed by atoms with E-state index in [2.05, 4.69) is 0 Å². The Hall–Kier alpha value is -0.900. The van der Waals surface area contributed by atoms with Gasteiger partial charge in [-0.15, -0.1) is 0 Å². The molecule has 1 aliphatic rings. The molecule has 4 nitrogen and oxygen atoms in total. The summed E-state index contributed by atoms with van der Waals surface area (Å²) in [6, 6.07) is -0.428. The standard InChI is InChI=1S/C10H17NO3/c1-5-6(2)10(14)11(9(5)13)7(3)8(4)12/h5-8,12H,1-4H3. The zero-order valence-corrected chi connectivity index (χ0v) is 9.02. The van der Waals surface area contributed by atoms with Gasteiger partial charge in [0, 0.05) is 11.8 Å². The molecule has 4 heteroatoms. The van der Waals surface area contributed by atoms with Crippen LogP contribution in [0.25, 0.3) is 0 Å². The first-order valence-electron chi connectivity index (χ1n) is 4.93. The zero-order valence-electron chi connectivity index (χ0n) is 9.02. The van der Waals surface area contributed by atoms with Crippen molar-refractivity contribution >= 4 is 11.8 Å². The number of aliphatic hydroxyl groups excluding tert-OH is 1. The van der Waals surface area contributed by atoms with Crippen LogP contribution in [0.4, 0.5) is 0 Å². The Morgan fingerprint density at radius 2 is 1.50 bits per heavy atom. The number of hydrogen-bond acceptors (Lipinski definition) is 3. The highest BCUT2D eigenvalue weighted by Gasteiger charge is 2.45. The molecule has 1 N–H and O–H groups in total. The molecule has 0 saturated carbocycles. The topological polar surface area (TPSA) is 57.6 Å². The number of likely N-dealkylation sites (tertiary alicyclic amines) is 1. The first-order valence-corrected chi connectivity index (χ1v) is 4.93. The molecule has 1 fully saturated rings. The van der Waals surface area contributed by atoms with Crippen molar-refractivity contribution in [3.05, 3.63) is 0 Å². The number of nitrogens with zero attached hydrogens (tertiary/aromatic N) is 1. The first kappa shape index (κ1) is 11.2. The summed E-state index contributed by atoms with van der Waals surface area (Å²) in [5, 5.41) is 9.34. The highest BCUT2D eigenvalue weighted by molar-refractivity contribution is 6.05. The second-order valence-corrected chi connectivity index (χ2v) is 4.11. The maximum Gasteiger partial charge on any atom is 0.233 e. The van der Waals surface area contributed by atoms with Crippen LogP contribution >= 0.6 is 0 Å². The summed E-state index contributed by atoms with van der Waals surface area (Å²) in [6.45, 7) is 6.77. The van der Waals surface area contributed by atoms with E-state index in [1.165, 1.54) is 4.90 Å². The van der Waals surface area contributed by atoms with E-state index in [0.717, 1.165) is 0 Å². The fraction of sp³-hybridized carbons (Fsp3) is 0.800. The van der Waals surface area contributed by atoms with Gasteiger partial charge in [0.1, 0.15) is 0 Å². The zero-order chi connectivity index (χ0) is 11.0. The summed E-state index contributed by atoms with van der Waals surface area (Å²) in [5.41, 5.74) is 0. The van der Waals surface area contributed by atoms with Gasteiger partial charge in [-0.2, -0.15) is 0 Å². The van der Waals surface area contributed by atoms with Crippen molar-refractivity contribution < 1.29 is 14.7 Å². The number of carbonyl (C=O) groups is 2. The lowest BCUT2D eigenvalue weighted by Crippen LogP contribution is -2.44. The molecule has 0 aliphatic carbocycles. The van der Waals surface area contributed by atoms with E-state index < -0.39 is 12.1 Å². The SMILES string of the molecule is CC(O)C(C)N1C(=O)C(C)C(C)C1=O. The Morgan fingerprint density at radius 1 is 1.14 bits per heavy atom. The summed E-state index contributed by atoms with van der Waals surface area (Å²) >= 11 is 0. The maximum atomic E-state index is 11.7. The van der Waals surface area contributed by atoms with Crippen molar-refractivity contribution in [3.8, 4) is 0 Å². The van der Waals surface area contributed by atoms with Gasteiger partial charge >= 0.3 is 0 Å². The van der Waals surface area contributed by atoms with E-state index in [9.17, 15) is 14.7 Å². The summed E-state index contributed by atoms with van der Waals surface area (Å²) in [4.78, 5) is 24.5. The third kappa shape index (κ3) is 1.54. The molecule has 0 aromatic heterocycles. The average Bonchev–Trinajstić information content (AvgIpc) is 2.30. The van der Waals surface area contributed by atoms with Gasteiger partial charge in [0.25, 0.3) is 0 Å². The molecule has 4 unspecified atom stereocenters. The molecule has 4 atom stereocenters. The molecular formula is C10H17NO3. The van der Waals surface area contributed by atoms with Crippen LogP contribution in [0.15, 0.2) is 0 Å². The second kappa shape index (κ2) is 3.69. The molecule has 1 saturated heterocycles. The van der Waals surface area contributed by atoms with Crippen LogP contribution in [0, 0.1) is 11.8 Å². The molecule has 0 radical (unpaired) electrons. The van der Waals surface area contributed by atoms with Crippen LogP contribution in [0.2, 0.25) is 0 Å². The van der Waals surface area contributed by atoms with Gasteiger partial charge in [0.15, 0.2) is 0 Å². The molecule has 0 spiro atoms.